The Morgan fingerprint density at radius 3 is 2.25 bits per heavy atom. The van der Waals surface area contributed by atoms with Crippen molar-refractivity contribution < 1.29 is 18.6 Å². The van der Waals surface area contributed by atoms with Gasteiger partial charge in [-0.25, -0.2) is 0 Å². The van der Waals surface area contributed by atoms with Gasteiger partial charge in [-0.3, -0.25) is 0 Å². The highest BCUT2D eigenvalue weighted by molar-refractivity contribution is 9.11. The Morgan fingerprint density at radius 1 is 1.00 bits per heavy atom. The van der Waals surface area contributed by atoms with E-state index in [4.69, 9.17) is 0 Å². The third-order valence-electron chi connectivity index (χ3n) is 2.67. The van der Waals surface area contributed by atoms with Gasteiger partial charge >= 0.3 is 6.61 Å². The average molecular weight is 408 g/mol. The maximum absolute atomic E-state index is 12.1. The molecule has 0 aliphatic heterocycles. The molecule has 0 fully saturated rings. The van der Waals surface area contributed by atoms with Crippen LogP contribution in [0.2, 0.25) is 0 Å². The Balaban J connectivity index is 2.24. The quantitative estimate of drug-likeness (QED) is 0.781. The van der Waals surface area contributed by atoms with E-state index in [0.717, 1.165) is 8.95 Å². The van der Waals surface area contributed by atoms with Crippen LogP contribution in [0.4, 0.5) is 8.78 Å². The third kappa shape index (κ3) is 3.77. The molecule has 2 aromatic carbocycles. The minimum atomic E-state index is -2.86. The van der Waals surface area contributed by atoms with Gasteiger partial charge in [-0.15, -0.1) is 0 Å². The van der Waals surface area contributed by atoms with Crippen LogP contribution in [0.5, 0.6) is 5.75 Å². The summed E-state index contributed by atoms with van der Waals surface area (Å²) in [5, 5.41) is 10.3. The molecule has 6 heteroatoms. The first kappa shape index (κ1) is 15.4. The molecule has 2 aromatic rings. The molecule has 0 aliphatic carbocycles. The van der Waals surface area contributed by atoms with E-state index in [-0.39, 0.29) is 5.75 Å². The number of halogens is 4. The Labute approximate surface area is 131 Å². The predicted molar refractivity (Wildman–Crippen MR) is 79.0 cm³/mol. The molecule has 0 saturated carbocycles. The van der Waals surface area contributed by atoms with Crippen LogP contribution in [0.3, 0.4) is 0 Å². The molecular formula is C14H10Br2F2O2. The molecule has 0 amide bonds. The minimum absolute atomic E-state index is 0.0595. The van der Waals surface area contributed by atoms with Gasteiger partial charge in [0, 0.05) is 14.5 Å². The van der Waals surface area contributed by atoms with Crippen molar-refractivity contribution in [2.24, 2.45) is 0 Å². The SMILES string of the molecule is OC(c1ccc(OC(F)F)cc1)c1cc(Br)ccc1Br. The van der Waals surface area contributed by atoms with Crippen LogP contribution in [0.1, 0.15) is 17.2 Å². The van der Waals surface area contributed by atoms with Crippen LogP contribution in [0.15, 0.2) is 51.4 Å². The number of alkyl halides is 2. The molecule has 0 radical (unpaired) electrons. The Hall–Kier alpha value is -0.980. The summed E-state index contributed by atoms with van der Waals surface area (Å²) >= 11 is 6.71. The predicted octanol–water partition coefficient (Wildman–Crippen LogP) is 4.89. The van der Waals surface area contributed by atoms with E-state index in [0.29, 0.717) is 11.1 Å². The number of rotatable bonds is 4. The molecule has 0 heterocycles. The van der Waals surface area contributed by atoms with Gasteiger partial charge in [0.05, 0.1) is 0 Å². The number of aliphatic hydroxyl groups is 1. The highest BCUT2D eigenvalue weighted by Gasteiger charge is 2.14. The molecule has 2 rings (SSSR count). The Kier molecular flexibility index (Phi) is 5.12. The standard InChI is InChI=1S/C14H10Br2F2O2/c15-9-3-6-12(16)11(7-9)13(19)8-1-4-10(5-2-8)20-14(17)18/h1-7,13-14,19H. The zero-order valence-electron chi connectivity index (χ0n) is 10.1. The van der Waals surface area contributed by atoms with E-state index in [2.05, 4.69) is 36.6 Å². The number of hydrogen-bond acceptors (Lipinski definition) is 2. The summed E-state index contributed by atoms with van der Waals surface area (Å²) in [4.78, 5) is 0. The number of aliphatic hydroxyl groups excluding tert-OH is 1. The maximum Gasteiger partial charge on any atom is 0.387 e. The number of ether oxygens (including phenoxy) is 1. The molecule has 1 N–H and O–H groups in total. The monoisotopic (exact) mass is 406 g/mol. The molecule has 106 valence electrons. The summed E-state index contributed by atoms with van der Waals surface area (Å²) in [5.41, 5.74) is 1.27. The average Bonchev–Trinajstić information content (AvgIpc) is 2.41. The van der Waals surface area contributed by atoms with Crippen molar-refractivity contribution in [1.29, 1.82) is 0 Å². The molecule has 20 heavy (non-hydrogen) atoms. The number of benzene rings is 2. The van der Waals surface area contributed by atoms with Crippen LogP contribution in [0, 0.1) is 0 Å². The van der Waals surface area contributed by atoms with E-state index >= 15 is 0 Å². The Morgan fingerprint density at radius 2 is 1.65 bits per heavy atom. The van der Waals surface area contributed by atoms with Crippen molar-refractivity contribution >= 4 is 31.9 Å². The first-order chi connectivity index (χ1) is 9.47. The largest absolute Gasteiger partial charge is 0.435 e. The first-order valence-corrected chi connectivity index (χ1v) is 7.24. The van der Waals surface area contributed by atoms with E-state index in [9.17, 15) is 13.9 Å². The summed E-state index contributed by atoms with van der Waals surface area (Å²) in [6.07, 6.45) is -0.859. The fraction of sp³-hybridized carbons (Fsp3) is 0.143. The second-order valence-electron chi connectivity index (χ2n) is 4.02. The van der Waals surface area contributed by atoms with Gasteiger partial charge in [0.1, 0.15) is 11.9 Å². The maximum atomic E-state index is 12.1. The van der Waals surface area contributed by atoms with E-state index in [1.165, 1.54) is 12.1 Å². The van der Waals surface area contributed by atoms with Crippen molar-refractivity contribution in [2.45, 2.75) is 12.7 Å². The van der Waals surface area contributed by atoms with Crippen molar-refractivity contribution in [2.75, 3.05) is 0 Å². The zero-order valence-corrected chi connectivity index (χ0v) is 13.2. The van der Waals surface area contributed by atoms with Gasteiger partial charge in [-0.1, -0.05) is 44.0 Å². The fourth-order valence-corrected chi connectivity index (χ4v) is 2.58. The van der Waals surface area contributed by atoms with Crippen molar-refractivity contribution in [3.8, 4) is 5.75 Å². The molecular weight excluding hydrogens is 398 g/mol. The molecule has 1 atom stereocenters. The lowest BCUT2D eigenvalue weighted by atomic mass is 10.0. The molecule has 1 unspecified atom stereocenters. The van der Waals surface area contributed by atoms with Crippen molar-refractivity contribution in [3.63, 3.8) is 0 Å². The van der Waals surface area contributed by atoms with E-state index < -0.39 is 12.7 Å². The normalized spacial score (nSPS) is 12.5. The highest BCUT2D eigenvalue weighted by atomic mass is 79.9. The molecule has 0 saturated heterocycles. The van der Waals surface area contributed by atoms with Gasteiger partial charge in [-0.05, 0) is 35.9 Å². The second-order valence-corrected chi connectivity index (χ2v) is 5.79. The summed E-state index contributed by atoms with van der Waals surface area (Å²) in [6.45, 7) is -2.86. The fourth-order valence-electron chi connectivity index (χ4n) is 1.74. The van der Waals surface area contributed by atoms with Crippen LogP contribution in [-0.4, -0.2) is 11.7 Å². The van der Waals surface area contributed by atoms with Crippen LogP contribution in [-0.2, 0) is 0 Å². The topological polar surface area (TPSA) is 29.5 Å². The van der Waals surface area contributed by atoms with Crippen LogP contribution < -0.4 is 4.74 Å². The van der Waals surface area contributed by atoms with Crippen molar-refractivity contribution in [1.82, 2.24) is 0 Å². The summed E-state index contributed by atoms with van der Waals surface area (Å²) in [7, 11) is 0. The lowest BCUT2D eigenvalue weighted by Crippen LogP contribution is -2.03. The molecule has 0 aliphatic rings. The zero-order chi connectivity index (χ0) is 14.7. The lowest BCUT2D eigenvalue weighted by molar-refractivity contribution is -0.0498. The van der Waals surface area contributed by atoms with Gasteiger partial charge in [0.2, 0.25) is 0 Å². The van der Waals surface area contributed by atoms with Gasteiger partial charge < -0.3 is 9.84 Å². The van der Waals surface area contributed by atoms with Gasteiger partial charge in [0.15, 0.2) is 0 Å². The van der Waals surface area contributed by atoms with Gasteiger partial charge in [-0.2, -0.15) is 8.78 Å². The van der Waals surface area contributed by atoms with E-state index in [1.807, 2.05) is 12.1 Å². The molecule has 0 aromatic heterocycles. The van der Waals surface area contributed by atoms with Crippen molar-refractivity contribution in [3.05, 3.63) is 62.5 Å². The smallest absolute Gasteiger partial charge is 0.387 e. The molecule has 2 nitrogen and oxygen atoms in total. The minimum Gasteiger partial charge on any atom is -0.435 e. The lowest BCUT2D eigenvalue weighted by Gasteiger charge is -2.14. The summed E-state index contributed by atoms with van der Waals surface area (Å²) in [5.74, 6) is 0.0595. The van der Waals surface area contributed by atoms with E-state index in [1.54, 1.807) is 18.2 Å². The third-order valence-corrected chi connectivity index (χ3v) is 3.89. The summed E-state index contributed by atoms with van der Waals surface area (Å²) < 4.78 is 30.0. The second kappa shape index (κ2) is 6.65. The first-order valence-electron chi connectivity index (χ1n) is 5.65. The Bertz CT molecular complexity index is 588. The van der Waals surface area contributed by atoms with Gasteiger partial charge in [0.25, 0.3) is 0 Å². The number of hydrogen-bond donors (Lipinski definition) is 1. The molecule has 0 spiro atoms. The van der Waals surface area contributed by atoms with Crippen LogP contribution >= 0.6 is 31.9 Å². The summed E-state index contributed by atoms with van der Waals surface area (Å²) in [6, 6.07) is 11.4. The van der Waals surface area contributed by atoms with Crippen LogP contribution in [0.25, 0.3) is 0 Å². The highest BCUT2D eigenvalue weighted by Crippen LogP contribution is 2.31. The molecule has 0 bridgehead atoms.